The third-order valence-corrected chi connectivity index (χ3v) is 6.11. The molecule has 3 rings (SSSR count). The number of hydrogen-bond donors (Lipinski definition) is 2. The number of carbonyl (C=O) groups is 2. The van der Waals surface area contributed by atoms with Crippen molar-refractivity contribution in [2.24, 2.45) is 5.41 Å². The van der Waals surface area contributed by atoms with E-state index in [0.717, 1.165) is 10.9 Å². The number of aromatic nitrogens is 1. The predicted octanol–water partition coefficient (Wildman–Crippen LogP) is 7.00. The zero-order valence-corrected chi connectivity index (χ0v) is 25.7. The van der Waals surface area contributed by atoms with Crippen molar-refractivity contribution in [3.63, 3.8) is 0 Å². The Morgan fingerprint density at radius 3 is 2.12 bits per heavy atom. The molecule has 0 saturated carbocycles. The summed E-state index contributed by atoms with van der Waals surface area (Å²) in [7, 11) is 3.15. The number of carbonyl (C=O) groups excluding carboxylic acids is 1. The standard InChI is InChI=1S/C28H34N2O6.2C2H6/c1-27(2,26(32)33)13-14-36-28(3,4)17-29-25(31)20-16-22(30-21-10-8-7-9-19(20)21)18-11-12-23(34-5)24(15-18)35-6;2*1-2/h7-12,15-16H,13-14,17H2,1-6H3,(H,29,31)(H,32,33);2*1-2H3. The largest absolute Gasteiger partial charge is 0.493 e. The van der Waals surface area contributed by atoms with Crippen molar-refractivity contribution in [3.05, 3.63) is 54.1 Å². The van der Waals surface area contributed by atoms with Gasteiger partial charge in [-0.25, -0.2) is 4.98 Å². The van der Waals surface area contributed by atoms with Crippen molar-refractivity contribution in [1.29, 1.82) is 0 Å². The monoisotopic (exact) mass is 554 g/mol. The lowest BCUT2D eigenvalue weighted by atomic mass is 9.90. The van der Waals surface area contributed by atoms with E-state index in [1.165, 1.54) is 0 Å². The Bertz CT molecular complexity index is 1250. The van der Waals surface area contributed by atoms with Crippen LogP contribution in [0, 0.1) is 5.41 Å². The van der Waals surface area contributed by atoms with Gasteiger partial charge in [0.05, 0.1) is 42.0 Å². The first-order valence-electron chi connectivity index (χ1n) is 13.8. The Balaban J connectivity index is 0.00000191. The fraction of sp³-hybridized carbons (Fsp3) is 0.469. The highest BCUT2D eigenvalue weighted by atomic mass is 16.5. The lowest BCUT2D eigenvalue weighted by Crippen LogP contribution is -2.41. The molecule has 0 fully saturated rings. The molecule has 0 bridgehead atoms. The first-order valence-corrected chi connectivity index (χ1v) is 13.8. The Hall–Kier alpha value is -3.65. The third kappa shape index (κ3) is 9.23. The molecule has 40 heavy (non-hydrogen) atoms. The number of nitrogens with zero attached hydrogens (tertiary/aromatic N) is 1. The van der Waals surface area contributed by atoms with Crippen molar-refractivity contribution in [3.8, 4) is 22.8 Å². The van der Waals surface area contributed by atoms with Gasteiger partial charge in [0.2, 0.25) is 0 Å². The van der Waals surface area contributed by atoms with E-state index in [2.05, 4.69) is 5.32 Å². The quantitative estimate of drug-likeness (QED) is 0.263. The summed E-state index contributed by atoms with van der Waals surface area (Å²) < 4.78 is 16.7. The molecule has 1 heterocycles. The minimum absolute atomic E-state index is 0.252. The number of carboxylic acids is 1. The maximum absolute atomic E-state index is 13.3. The first kappa shape index (κ1) is 34.4. The van der Waals surface area contributed by atoms with Crippen LogP contribution in [0.4, 0.5) is 0 Å². The smallest absolute Gasteiger partial charge is 0.309 e. The number of hydrogen-bond acceptors (Lipinski definition) is 6. The molecule has 3 aromatic rings. The molecule has 0 radical (unpaired) electrons. The number of para-hydroxylation sites is 1. The van der Waals surface area contributed by atoms with E-state index in [-0.39, 0.29) is 19.1 Å². The van der Waals surface area contributed by atoms with E-state index in [4.69, 9.17) is 19.2 Å². The van der Waals surface area contributed by atoms with Crippen LogP contribution in [-0.2, 0) is 9.53 Å². The zero-order chi connectivity index (χ0) is 30.5. The summed E-state index contributed by atoms with van der Waals surface area (Å²) in [5.41, 5.74) is 1.05. The summed E-state index contributed by atoms with van der Waals surface area (Å²) in [6, 6.07) is 14.7. The number of fused-ring (bicyclic) bond motifs is 1. The number of benzene rings is 2. The van der Waals surface area contributed by atoms with Crippen LogP contribution in [0.3, 0.4) is 0 Å². The number of carboxylic acid groups (broad SMARTS) is 1. The van der Waals surface area contributed by atoms with Gasteiger partial charge in [0.15, 0.2) is 11.5 Å². The number of nitrogens with one attached hydrogen (secondary N) is 1. The van der Waals surface area contributed by atoms with Crippen molar-refractivity contribution in [2.75, 3.05) is 27.4 Å². The average molecular weight is 555 g/mol. The van der Waals surface area contributed by atoms with Crippen molar-refractivity contribution in [2.45, 2.75) is 67.4 Å². The molecule has 1 amide bonds. The summed E-state index contributed by atoms with van der Waals surface area (Å²) in [6.07, 6.45) is 0.364. The van der Waals surface area contributed by atoms with Gasteiger partial charge >= 0.3 is 5.97 Å². The number of aliphatic carboxylic acids is 1. The third-order valence-electron chi connectivity index (χ3n) is 6.11. The van der Waals surface area contributed by atoms with E-state index in [0.29, 0.717) is 34.7 Å². The Kier molecular flexibility index (Phi) is 13.6. The van der Waals surface area contributed by atoms with Crippen LogP contribution in [0.25, 0.3) is 22.2 Å². The van der Waals surface area contributed by atoms with E-state index < -0.39 is 17.0 Å². The summed E-state index contributed by atoms with van der Waals surface area (Å²) in [5, 5.41) is 13.0. The highest BCUT2D eigenvalue weighted by molar-refractivity contribution is 6.07. The van der Waals surface area contributed by atoms with E-state index in [1.54, 1.807) is 40.2 Å². The van der Waals surface area contributed by atoms with Crippen LogP contribution in [0.15, 0.2) is 48.5 Å². The van der Waals surface area contributed by atoms with Gasteiger partial charge in [-0.15, -0.1) is 0 Å². The minimum atomic E-state index is -0.879. The Labute approximate surface area is 239 Å². The van der Waals surface area contributed by atoms with Gasteiger partial charge in [-0.2, -0.15) is 0 Å². The molecular formula is C32H46N2O6. The summed E-state index contributed by atoms with van der Waals surface area (Å²) in [6.45, 7) is 15.6. The second kappa shape index (κ2) is 15.8. The second-order valence-electron chi connectivity index (χ2n) is 9.87. The fourth-order valence-electron chi connectivity index (χ4n) is 3.64. The molecule has 220 valence electrons. The van der Waals surface area contributed by atoms with Gasteiger partial charge in [0.25, 0.3) is 5.91 Å². The SMILES string of the molecule is CC.CC.COc1ccc(-c2cc(C(=O)NCC(C)(C)OCCC(C)(C)C(=O)O)c3ccccc3n2)cc1OC. The molecule has 2 aromatic carbocycles. The highest BCUT2D eigenvalue weighted by Gasteiger charge is 2.28. The van der Waals surface area contributed by atoms with E-state index >= 15 is 0 Å². The zero-order valence-electron chi connectivity index (χ0n) is 25.7. The van der Waals surface area contributed by atoms with Crippen LogP contribution < -0.4 is 14.8 Å². The Morgan fingerprint density at radius 2 is 1.52 bits per heavy atom. The van der Waals surface area contributed by atoms with Crippen LogP contribution >= 0.6 is 0 Å². The lowest BCUT2D eigenvalue weighted by Gasteiger charge is -2.28. The van der Waals surface area contributed by atoms with Crippen molar-refractivity contribution >= 4 is 22.8 Å². The molecule has 0 aliphatic rings. The number of methoxy groups -OCH3 is 2. The topological polar surface area (TPSA) is 107 Å². The minimum Gasteiger partial charge on any atom is -0.493 e. The fourth-order valence-corrected chi connectivity index (χ4v) is 3.64. The predicted molar refractivity (Wildman–Crippen MR) is 161 cm³/mol. The molecule has 0 atom stereocenters. The molecule has 0 spiro atoms. The Morgan fingerprint density at radius 1 is 0.900 bits per heavy atom. The highest BCUT2D eigenvalue weighted by Crippen LogP contribution is 2.33. The van der Waals surface area contributed by atoms with Gasteiger partial charge in [-0.1, -0.05) is 45.9 Å². The van der Waals surface area contributed by atoms with Crippen molar-refractivity contribution in [1.82, 2.24) is 10.3 Å². The second-order valence-corrected chi connectivity index (χ2v) is 9.87. The summed E-state index contributed by atoms with van der Waals surface area (Å²) in [5.74, 6) is 0.0554. The number of rotatable bonds is 11. The summed E-state index contributed by atoms with van der Waals surface area (Å²) >= 11 is 0. The maximum atomic E-state index is 13.3. The molecule has 0 aliphatic heterocycles. The van der Waals surface area contributed by atoms with Gasteiger partial charge in [0, 0.05) is 24.1 Å². The molecule has 0 unspecified atom stereocenters. The number of amides is 1. The van der Waals surface area contributed by atoms with E-state index in [1.807, 2.05) is 77.9 Å². The molecule has 8 heteroatoms. The normalized spacial score (nSPS) is 10.9. The van der Waals surface area contributed by atoms with Crippen LogP contribution in [0.2, 0.25) is 0 Å². The van der Waals surface area contributed by atoms with Crippen LogP contribution in [0.1, 0.15) is 72.2 Å². The summed E-state index contributed by atoms with van der Waals surface area (Å²) in [4.78, 5) is 29.4. The molecule has 1 aromatic heterocycles. The first-order chi connectivity index (χ1) is 19.0. The average Bonchev–Trinajstić information content (AvgIpc) is 2.96. The van der Waals surface area contributed by atoms with Gasteiger partial charge in [0.1, 0.15) is 0 Å². The molecular weight excluding hydrogens is 508 g/mol. The number of ether oxygens (including phenoxy) is 3. The van der Waals surface area contributed by atoms with Gasteiger partial charge in [-0.3, -0.25) is 9.59 Å². The van der Waals surface area contributed by atoms with Gasteiger partial charge in [-0.05, 0) is 64.4 Å². The van der Waals surface area contributed by atoms with Crippen LogP contribution in [-0.4, -0.2) is 54.9 Å². The van der Waals surface area contributed by atoms with E-state index in [9.17, 15) is 14.7 Å². The van der Waals surface area contributed by atoms with Crippen molar-refractivity contribution < 1.29 is 28.9 Å². The molecule has 8 nitrogen and oxygen atoms in total. The molecule has 2 N–H and O–H groups in total. The number of pyridine rings is 1. The van der Waals surface area contributed by atoms with Crippen LogP contribution in [0.5, 0.6) is 11.5 Å². The maximum Gasteiger partial charge on any atom is 0.309 e. The molecule has 0 saturated heterocycles. The molecule has 0 aliphatic carbocycles. The van der Waals surface area contributed by atoms with Gasteiger partial charge < -0.3 is 24.6 Å². The lowest BCUT2D eigenvalue weighted by molar-refractivity contribution is -0.148.